The number of sulfonamides is 1. The smallest absolute Gasteiger partial charge is 0.254 e. The molecule has 1 amide bonds. The van der Waals surface area contributed by atoms with E-state index in [1.54, 1.807) is 54.3 Å². The van der Waals surface area contributed by atoms with Gasteiger partial charge in [-0.3, -0.25) is 14.4 Å². The van der Waals surface area contributed by atoms with E-state index >= 15 is 0 Å². The summed E-state index contributed by atoms with van der Waals surface area (Å²) >= 11 is 0. The number of amides is 1. The first kappa shape index (κ1) is 24.8. The molecule has 3 aromatic rings. The third kappa shape index (κ3) is 6.04. The zero-order valence-electron chi connectivity index (χ0n) is 19.5. The molecule has 35 heavy (non-hydrogen) atoms. The quantitative estimate of drug-likeness (QED) is 0.552. The van der Waals surface area contributed by atoms with Crippen molar-refractivity contribution in [2.45, 2.75) is 13.0 Å². The molecule has 3 aromatic carbocycles. The topological polar surface area (TPSA) is 69.7 Å². The van der Waals surface area contributed by atoms with Gasteiger partial charge in [-0.2, -0.15) is 0 Å². The summed E-state index contributed by atoms with van der Waals surface area (Å²) in [5.41, 5.74) is 3.27. The number of nitrogens with zero attached hydrogens (tertiary/aromatic N) is 2. The normalized spacial score (nSPS) is 14.8. The van der Waals surface area contributed by atoms with Crippen molar-refractivity contribution in [3.8, 4) is 0 Å². The van der Waals surface area contributed by atoms with E-state index in [1.807, 2.05) is 0 Å². The summed E-state index contributed by atoms with van der Waals surface area (Å²) in [5.74, 6) is -0.837. The van der Waals surface area contributed by atoms with E-state index in [4.69, 9.17) is 0 Å². The van der Waals surface area contributed by atoms with Gasteiger partial charge in [0.2, 0.25) is 10.0 Å². The molecule has 0 radical (unpaired) electrons. The van der Waals surface area contributed by atoms with Crippen LogP contribution in [0.15, 0.2) is 66.7 Å². The van der Waals surface area contributed by atoms with Gasteiger partial charge in [0.15, 0.2) is 0 Å². The third-order valence-electron chi connectivity index (χ3n) is 6.12. The van der Waals surface area contributed by atoms with E-state index in [0.717, 1.165) is 22.9 Å². The number of rotatable bonds is 6. The molecule has 0 aliphatic carbocycles. The zero-order valence-corrected chi connectivity index (χ0v) is 20.4. The average Bonchev–Trinajstić information content (AvgIpc) is 2.82. The van der Waals surface area contributed by atoms with Crippen molar-refractivity contribution in [2.24, 2.45) is 0 Å². The minimum absolute atomic E-state index is 0.179. The molecule has 1 fully saturated rings. The number of aryl methyl sites for hydroxylation is 1. The lowest BCUT2D eigenvalue weighted by Crippen LogP contribution is -2.49. The first-order valence-electron chi connectivity index (χ1n) is 11.2. The Balaban J connectivity index is 1.52. The second kappa shape index (κ2) is 10.1. The summed E-state index contributed by atoms with van der Waals surface area (Å²) in [6.07, 6.45) is 1.07. The van der Waals surface area contributed by atoms with Gasteiger partial charge in [-0.05, 0) is 60.0 Å². The summed E-state index contributed by atoms with van der Waals surface area (Å²) in [6.45, 7) is 3.81. The maximum Gasteiger partial charge on any atom is 0.254 e. The highest BCUT2D eigenvalue weighted by Crippen LogP contribution is 2.30. The van der Waals surface area contributed by atoms with E-state index in [9.17, 15) is 22.0 Å². The number of hydrogen-bond donors (Lipinski definition) is 1. The molecular formula is C26H27F2N3O3S. The molecule has 0 bridgehead atoms. The first-order chi connectivity index (χ1) is 16.6. The molecule has 0 aromatic heterocycles. The number of carbonyl (C=O) groups is 1. The highest BCUT2D eigenvalue weighted by Gasteiger charge is 2.29. The van der Waals surface area contributed by atoms with Crippen LogP contribution in [-0.4, -0.2) is 56.6 Å². The lowest BCUT2D eigenvalue weighted by Gasteiger charge is -2.40. The molecular weight excluding hydrogens is 472 g/mol. The van der Waals surface area contributed by atoms with Crippen LogP contribution in [0.4, 0.5) is 14.5 Å². The van der Waals surface area contributed by atoms with Crippen molar-refractivity contribution in [1.29, 1.82) is 0 Å². The van der Waals surface area contributed by atoms with Crippen molar-refractivity contribution in [2.75, 3.05) is 37.2 Å². The predicted octanol–water partition coefficient (Wildman–Crippen LogP) is 4.19. The summed E-state index contributed by atoms with van der Waals surface area (Å²) < 4.78 is 52.9. The molecule has 1 heterocycles. The monoisotopic (exact) mass is 499 g/mol. The van der Waals surface area contributed by atoms with Crippen LogP contribution >= 0.6 is 0 Å². The Morgan fingerprint density at radius 2 is 1.37 bits per heavy atom. The molecule has 0 spiro atoms. The molecule has 1 aliphatic heterocycles. The van der Waals surface area contributed by atoms with Crippen LogP contribution in [0.2, 0.25) is 0 Å². The van der Waals surface area contributed by atoms with Crippen LogP contribution in [0.3, 0.4) is 0 Å². The molecule has 1 aliphatic rings. The van der Waals surface area contributed by atoms with Gasteiger partial charge < -0.3 is 4.90 Å². The molecule has 6 nitrogen and oxygen atoms in total. The number of piperazine rings is 1. The summed E-state index contributed by atoms with van der Waals surface area (Å²) in [5, 5.41) is 0. The van der Waals surface area contributed by atoms with Crippen LogP contribution in [0.25, 0.3) is 0 Å². The van der Waals surface area contributed by atoms with E-state index in [1.165, 1.54) is 24.3 Å². The molecule has 0 saturated carbocycles. The fraction of sp³-hybridized carbons (Fsp3) is 0.269. The lowest BCUT2D eigenvalue weighted by atomic mass is 9.96. The minimum Gasteiger partial charge on any atom is -0.336 e. The van der Waals surface area contributed by atoms with E-state index in [2.05, 4.69) is 9.62 Å². The Hall–Kier alpha value is -3.30. The fourth-order valence-electron chi connectivity index (χ4n) is 4.33. The summed E-state index contributed by atoms with van der Waals surface area (Å²) in [4.78, 5) is 17.1. The SMILES string of the molecule is Cc1ccc(C(=O)N2CCN(C(c3ccc(F)cc3)c3ccc(F)cc3)CC2)cc1NS(C)(=O)=O. The second-order valence-electron chi connectivity index (χ2n) is 8.74. The van der Waals surface area contributed by atoms with Crippen LogP contribution < -0.4 is 4.72 Å². The molecule has 184 valence electrons. The van der Waals surface area contributed by atoms with Crippen molar-refractivity contribution in [3.05, 3.63) is 101 Å². The molecule has 4 rings (SSSR count). The van der Waals surface area contributed by atoms with Crippen LogP contribution in [0.5, 0.6) is 0 Å². The number of hydrogen-bond acceptors (Lipinski definition) is 4. The van der Waals surface area contributed by atoms with Crippen LogP contribution in [0, 0.1) is 18.6 Å². The van der Waals surface area contributed by atoms with Crippen molar-refractivity contribution < 1.29 is 22.0 Å². The molecule has 0 unspecified atom stereocenters. The highest BCUT2D eigenvalue weighted by atomic mass is 32.2. The van der Waals surface area contributed by atoms with Crippen LogP contribution in [0.1, 0.15) is 33.1 Å². The summed E-state index contributed by atoms with van der Waals surface area (Å²) in [6, 6.07) is 17.3. The number of benzene rings is 3. The number of nitrogens with one attached hydrogen (secondary N) is 1. The Morgan fingerprint density at radius 3 is 1.86 bits per heavy atom. The zero-order chi connectivity index (χ0) is 25.2. The maximum atomic E-state index is 13.5. The van der Waals surface area contributed by atoms with Gasteiger partial charge in [0.25, 0.3) is 5.91 Å². The predicted molar refractivity (Wildman–Crippen MR) is 132 cm³/mol. The van der Waals surface area contributed by atoms with E-state index in [-0.39, 0.29) is 23.6 Å². The third-order valence-corrected chi connectivity index (χ3v) is 6.71. The molecule has 1 N–H and O–H groups in total. The van der Waals surface area contributed by atoms with Crippen molar-refractivity contribution >= 4 is 21.6 Å². The van der Waals surface area contributed by atoms with Gasteiger partial charge in [-0.25, -0.2) is 17.2 Å². The van der Waals surface area contributed by atoms with Gasteiger partial charge in [0.1, 0.15) is 11.6 Å². The summed E-state index contributed by atoms with van der Waals surface area (Å²) in [7, 11) is -3.47. The average molecular weight is 500 g/mol. The minimum atomic E-state index is -3.47. The second-order valence-corrected chi connectivity index (χ2v) is 10.5. The van der Waals surface area contributed by atoms with Crippen LogP contribution in [-0.2, 0) is 10.0 Å². The molecule has 0 atom stereocenters. The Morgan fingerprint density at radius 1 is 0.857 bits per heavy atom. The number of anilines is 1. The number of carbonyl (C=O) groups excluding carboxylic acids is 1. The Kier molecular flexibility index (Phi) is 7.18. The first-order valence-corrected chi connectivity index (χ1v) is 13.1. The van der Waals surface area contributed by atoms with Gasteiger partial charge in [-0.1, -0.05) is 30.3 Å². The lowest BCUT2D eigenvalue weighted by molar-refractivity contribution is 0.0597. The van der Waals surface area contributed by atoms with E-state index in [0.29, 0.717) is 37.4 Å². The Bertz CT molecular complexity index is 1260. The van der Waals surface area contributed by atoms with Gasteiger partial charge in [0, 0.05) is 31.7 Å². The van der Waals surface area contributed by atoms with Gasteiger partial charge in [-0.15, -0.1) is 0 Å². The molecule has 1 saturated heterocycles. The van der Waals surface area contributed by atoms with Gasteiger partial charge in [0.05, 0.1) is 18.0 Å². The highest BCUT2D eigenvalue weighted by molar-refractivity contribution is 7.92. The largest absolute Gasteiger partial charge is 0.336 e. The maximum absolute atomic E-state index is 13.5. The van der Waals surface area contributed by atoms with Crippen molar-refractivity contribution in [1.82, 2.24) is 9.80 Å². The van der Waals surface area contributed by atoms with E-state index < -0.39 is 10.0 Å². The van der Waals surface area contributed by atoms with Crippen molar-refractivity contribution in [3.63, 3.8) is 0 Å². The van der Waals surface area contributed by atoms with Gasteiger partial charge >= 0.3 is 0 Å². The fourth-order valence-corrected chi connectivity index (χ4v) is 4.95. The number of halogens is 2. The standard InChI is InChI=1S/C26H27F2N3O3S/c1-18-3-4-21(17-24(18)29-35(2,33)34)26(32)31-15-13-30(14-16-31)25(19-5-9-22(27)10-6-19)20-7-11-23(28)12-8-20/h3-12,17,25,29H,13-16H2,1-2H3. The molecule has 9 heteroatoms. The Labute approximate surface area is 204 Å².